The van der Waals surface area contributed by atoms with E-state index in [9.17, 15) is 4.79 Å². The number of benzene rings is 1. The van der Waals surface area contributed by atoms with Crippen LogP contribution in [0.1, 0.15) is 10.4 Å². The van der Waals surface area contributed by atoms with Crippen LogP contribution in [0.25, 0.3) is 0 Å². The van der Waals surface area contributed by atoms with Gasteiger partial charge in [0.05, 0.1) is 0 Å². The summed E-state index contributed by atoms with van der Waals surface area (Å²) in [6.07, 6.45) is 0. The predicted octanol–water partition coefficient (Wildman–Crippen LogP) is 3.66. The van der Waals surface area contributed by atoms with Gasteiger partial charge in [0.15, 0.2) is 5.78 Å². The van der Waals surface area contributed by atoms with Crippen LogP contribution in [0.3, 0.4) is 0 Å². The topological polar surface area (TPSA) is 20.3 Å². The lowest BCUT2D eigenvalue weighted by molar-refractivity contribution is 0.103. The van der Waals surface area contributed by atoms with Gasteiger partial charge in [0, 0.05) is 36.0 Å². The molecule has 0 spiro atoms. The maximum Gasteiger partial charge on any atom is 0.189 e. The highest BCUT2D eigenvalue weighted by Gasteiger charge is 2.11. The Morgan fingerprint density at radius 3 is 2.44 bits per heavy atom. The van der Waals surface area contributed by atoms with Crippen LogP contribution < -0.4 is 0 Å². The molecule has 18 heavy (non-hydrogen) atoms. The first-order valence-electron chi connectivity index (χ1n) is 5.24. The quantitative estimate of drug-likeness (QED) is 0.480. The molecule has 2 nitrogen and oxygen atoms in total. The third-order valence-corrected chi connectivity index (χ3v) is 4.24. The van der Waals surface area contributed by atoms with Crippen LogP contribution in [0.4, 0.5) is 0 Å². The largest absolute Gasteiger partial charge is 0.364 e. The molecule has 96 valence electrons. The van der Waals surface area contributed by atoms with Crippen molar-refractivity contribution < 1.29 is 4.79 Å². The van der Waals surface area contributed by atoms with Gasteiger partial charge in [-0.3, -0.25) is 4.79 Å². The molecule has 0 saturated carbocycles. The molecular formula is C13H14ClNOS2. The summed E-state index contributed by atoms with van der Waals surface area (Å²) in [5, 5.41) is 0.611. The standard InChI is InChI=1S/C13H14ClNOS2/c1-9(8-18-13(17)15(2)3)12(16)10-4-6-11(14)7-5-10/h4-7H,1,8H2,2-3H3. The normalized spacial score (nSPS) is 9.94. The average Bonchev–Trinajstić information content (AvgIpc) is 2.35. The Labute approximate surface area is 122 Å². The summed E-state index contributed by atoms with van der Waals surface area (Å²) in [6, 6.07) is 6.79. The highest BCUT2D eigenvalue weighted by atomic mass is 35.5. The smallest absolute Gasteiger partial charge is 0.189 e. The number of thioether (sulfide) groups is 1. The number of thiocarbonyl (C=S) groups is 1. The zero-order valence-electron chi connectivity index (χ0n) is 10.3. The highest BCUT2D eigenvalue weighted by Crippen LogP contribution is 2.16. The fraction of sp³-hybridized carbons (Fsp3) is 0.231. The van der Waals surface area contributed by atoms with Crippen molar-refractivity contribution in [2.75, 3.05) is 19.8 Å². The van der Waals surface area contributed by atoms with Gasteiger partial charge >= 0.3 is 0 Å². The molecule has 0 aliphatic heterocycles. The number of halogens is 1. The van der Waals surface area contributed by atoms with Gasteiger partial charge in [-0.2, -0.15) is 0 Å². The summed E-state index contributed by atoms with van der Waals surface area (Å²) < 4.78 is 0.736. The minimum atomic E-state index is -0.0688. The van der Waals surface area contributed by atoms with Crippen molar-refractivity contribution in [3.05, 3.63) is 47.0 Å². The molecule has 1 rings (SSSR count). The maximum absolute atomic E-state index is 12.0. The average molecular weight is 300 g/mol. The molecule has 0 radical (unpaired) electrons. The second kappa shape index (κ2) is 6.92. The minimum absolute atomic E-state index is 0.0688. The van der Waals surface area contributed by atoms with Crippen molar-refractivity contribution in [2.45, 2.75) is 0 Å². The Morgan fingerprint density at radius 1 is 1.39 bits per heavy atom. The van der Waals surface area contributed by atoms with Gasteiger partial charge in [0.2, 0.25) is 0 Å². The predicted molar refractivity (Wildman–Crippen MR) is 83.7 cm³/mol. The van der Waals surface area contributed by atoms with Gasteiger partial charge in [-0.05, 0) is 24.3 Å². The van der Waals surface area contributed by atoms with Crippen molar-refractivity contribution >= 4 is 45.7 Å². The van der Waals surface area contributed by atoms with E-state index in [2.05, 4.69) is 6.58 Å². The zero-order valence-corrected chi connectivity index (χ0v) is 12.7. The summed E-state index contributed by atoms with van der Waals surface area (Å²) in [7, 11) is 3.75. The molecule has 0 N–H and O–H groups in total. The van der Waals surface area contributed by atoms with Crippen LogP contribution >= 0.6 is 35.6 Å². The van der Waals surface area contributed by atoms with Crippen molar-refractivity contribution in [2.24, 2.45) is 0 Å². The molecule has 0 atom stereocenters. The third kappa shape index (κ3) is 4.44. The first-order chi connectivity index (χ1) is 8.41. The number of carbonyl (C=O) groups excluding carboxylic acids is 1. The zero-order chi connectivity index (χ0) is 13.7. The fourth-order valence-corrected chi connectivity index (χ4v) is 2.14. The van der Waals surface area contributed by atoms with E-state index >= 15 is 0 Å². The Hall–Kier alpha value is -0.840. The maximum atomic E-state index is 12.0. The Kier molecular flexibility index (Phi) is 5.85. The fourth-order valence-electron chi connectivity index (χ4n) is 1.15. The van der Waals surface area contributed by atoms with Gasteiger partial charge < -0.3 is 4.90 Å². The van der Waals surface area contributed by atoms with Crippen molar-refractivity contribution in [1.29, 1.82) is 0 Å². The van der Waals surface area contributed by atoms with Crippen LogP contribution in [-0.4, -0.2) is 34.9 Å². The molecule has 0 saturated heterocycles. The molecule has 0 aliphatic carbocycles. The molecule has 0 aliphatic rings. The molecule has 0 fully saturated rings. The van der Waals surface area contributed by atoms with E-state index in [-0.39, 0.29) is 5.78 Å². The number of rotatable bonds is 4. The second-order valence-corrected chi connectivity index (χ2v) is 5.93. The Balaban J connectivity index is 2.59. The molecule has 0 amide bonds. The third-order valence-electron chi connectivity index (χ3n) is 2.16. The minimum Gasteiger partial charge on any atom is -0.364 e. The number of carbonyl (C=O) groups is 1. The lowest BCUT2D eigenvalue weighted by atomic mass is 10.1. The molecule has 1 aromatic rings. The molecular weight excluding hydrogens is 286 g/mol. The second-order valence-electron chi connectivity index (χ2n) is 3.89. The van der Waals surface area contributed by atoms with E-state index in [4.69, 9.17) is 23.8 Å². The molecule has 0 unspecified atom stereocenters. The van der Waals surface area contributed by atoms with Crippen LogP contribution in [0, 0.1) is 0 Å². The SMILES string of the molecule is C=C(CSC(=S)N(C)C)C(=O)c1ccc(Cl)cc1. The van der Waals surface area contributed by atoms with Gasteiger partial charge in [-0.15, -0.1) is 0 Å². The number of hydrogen-bond donors (Lipinski definition) is 0. The molecule has 0 aromatic heterocycles. The molecule has 0 heterocycles. The Bertz CT molecular complexity index is 468. The molecule has 1 aromatic carbocycles. The molecule has 0 bridgehead atoms. The monoisotopic (exact) mass is 299 g/mol. The van der Waals surface area contributed by atoms with Crippen LogP contribution in [0.5, 0.6) is 0 Å². The van der Waals surface area contributed by atoms with Crippen LogP contribution in [0.15, 0.2) is 36.4 Å². The van der Waals surface area contributed by atoms with E-state index in [0.717, 1.165) is 4.32 Å². The lowest BCUT2D eigenvalue weighted by Gasteiger charge is -2.13. The van der Waals surface area contributed by atoms with E-state index in [1.54, 1.807) is 24.3 Å². The number of Topliss-reactive ketones (excluding diaryl/α,β-unsaturated/α-hetero) is 1. The summed E-state index contributed by atoms with van der Waals surface area (Å²) in [4.78, 5) is 13.9. The van der Waals surface area contributed by atoms with Crippen LogP contribution in [0.2, 0.25) is 5.02 Å². The summed E-state index contributed by atoms with van der Waals surface area (Å²) in [5.74, 6) is 0.430. The van der Waals surface area contributed by atoms with Crippen LogP contribution in [-0.2, 0) is 0 Å². The van der Waals surface area contributed by atoms with E-state index in [0.29, 0.717) is 21.9 Å². The van der Waals surface area contributed by atoms with Gasteiger partial charge in [-0.25, -0.2) is 0 Å². The van der Waals surface area contributed by atoms with Crippen molar-refractivity contribution in [3.63, 3.8) is 0 Å². The van der Waals surface area contributed by atoms with E-state index in [1.807, 2.05) is 19.0 Å². The summed E-state index contributed by atoms with van der Waals surface area (Å²) in [5.41, 5.74) is 1.13. The number of nitrogens with zero attached hydrogens (tertiary/aromatic N) is 1. The van der Waals surface area contributed by atoms with E-state index in [1.165, 1.54) is 11.8 Å². The first kappa shape index (κ1) is 15.2. The Morgan fingerprint density at radius 2 is 1.94 bits per heavy atom. The lowest BCUT2D eigenvalue weighted by Crippen LogP contribution is -2.17. The number of hydrogen-bond acceptors (Lipinski definition) is 3. The van der Waals surface area contributed by atoms with Gasteiger partial charge in [0.25, 0.3) is 0 Å². The number of ketones is 1. The van der Waals surface area contributed by atoms with E-state index < -0.39 is 0 Å². The molecule has 5 heteroatoms. The highest BCUT2D eigenvalue weighted by molar-refractivity contribution is 8.23. The summed E-state index contributed by atoms with van der Waals surface area (Å²) >= 11 is 12.3. The summed E-state index contributed by atoms with van der Waals surface area (Å²) in [6.45, 7) is 3.80. The van der Waals surface area contributed by atoms with Gasteiger partial charge in [0.1, 0.15) is 4.32 Å². The first-order valence-corrected chi connectivity index (χ1v) is 7.01. The van der Waals surface area contributed by atoms with Gasteiger partial charge in [-0.1, -0.05) is 42.2 Å². The van der Waals surface area contributed by atoms with Crippen molar-refractivity contribution in [3.8, 4) is 0 Å². The van der Waals surface area contributed by atoms with Crippen molar-refractivity contribution in [1.82, 2.24) is 4.90 Å².